The van der Waals surface area contributed by atoms with Crippen LogP contribution in [0.25, 0.3) is 0 Å². The molecule has 10 heteroatoms. The Morgan fingerprint density at radius 2 is 1.37 bits per heavy atom. The van der Waals surface area contributed by atoms with Crippen molar-refractivity contribution in [3.63, 3.8) is 0 Å². The maximum Gasteiger partial charge on any atom is 0.338 e. The summed E-state index contributed by atoms with van der Waals surface area (Å²) < 4.78 is 42.3. The SMILES string of the molecule is CCSC1O[C@H](COC(=O)c2ccccc2)[C@H]2O[C@](C)(OC)[C@@](C)(OC)O[C@@H]2[C@@H]1OC(=O)c1ccccc1. The van der Waals surface area contributed by atoms with Gasteiger partial charge in [0.1, 0.15) is 30.4 Å². The van der Waals surface area contributed by atoms with E-state index in [1.54, 1.807) is 62.4 Å². The van der Waals surface area contributed by atoms with Crippen LogP contribution in [0.5, 0.6) is 0 Å². The summed E-state index contributed by atoms with van der Waals surface area (Å²) in [4.78, 5) is 25.8. The molecule has 9 nitrogen and oxygen atoms in total. The second kappa shape index (κ2) is 12.1. The monoisotopic (exact) mass is 546 g/mol. The first-order valence-corrected chi connectivity index (χ1v) is 13.5. The highest BCUT2D eigenvalue weighted by Gasteiger charge is 2.63. The molecule has 0 amide bonds. The van der Waals surface area contributed by atoms with E-state index in [2.05, 4.69) is 0 Å². The van der Waals surface area contributed by atoms with Gasteiger partial charge in [0.2, 0.25) is 11.6 Å². The number of ether oxygens (including phenoxy) is 7. The Kier molecular flexibility index (Phi) is 9.12. The number of esters is 2. The van der Waals surface area contributed by atoms with E-state index in [1.165, 1.54) is 26.0 Å². The molecule has 0 aliphatic carbocycles. The zero-order chi connectivity index (χ0) is 27.3. The highest BCUT2D eigenvalue weighted by Crippen LogP contribution is 2.45. The van der Waals surface area contributed by atoms with Crippen LogP contribution in [0.15, 0.2) is 60.7 Å². The summed E-state index contributed by atoms with van der Waals surface area (Å²) in [6.45, 7) is 5.25. The summed E-state index contributed by atoms with van der Waals surface area (Å²) in [6.07, 6.45) is -3.21. The Balaban J connectivity index is 1.64. The number of benzene rings is 2. The third kappa shape index (κ3) is 5.75. The molecule has 0 bridgehead atoms. The van der Waals surface area contributed by atoms with Crippen molar-refractivity contribution in [2.75, 3.05) is 26.6 Å². The van der Waals surface area contributed by atoms with Crippen molar-refractivity contribution in [2.24, 2.45) is 0 Å². The van der Waals surface area contributed by atoms with Crippen molar-refractivity contribution in [1.82, 2.24) is 0 Å². The van der Waals surface area contributed by atoms with E-state index >= 15 is 0 Å². The van der Waals surface area contributed by atoms with E-state index in [9.17, 15) is 9.59 Å². The molecule has 0 spiro atoms. The molecule has 2 aromatic carbocycles. The van der Waals surface area contributed by atoms with Gasteiger partial charge in [0.15, 0.2) is 6.10 Å². The molecular weight excluding hydrogens is 512 g/mol. The van der Waals surface area contributed by atoms with Crippen LogP contribution in [0.2, 0.25) is 0 Å². The molecule has 0 radical (unpaired) electrons. The minimum atomic E-state index is -1.34. The normalized spacial score (nSPS) is 32.7. The van der Waals surface area contributed by atoms with E-state index in [0.717, 1.165) is 0 Å². The molecule has 7 atom stereocenters. The Bertz CT molecular complexity index is 1080. The second-order valence-electron chi connectivity index (χ2n) is 9.16. The Morgan fingerprint density at radius 1 is 0.842 bits per heavy atom. The summed E-state index contributed by atoms with van der Waals surface area (Å²) in [5, 5.41) is 0. The lowest BCUT2D eigenvalue weighted by Gasteiger charge is -2.57. The van der Waals surface area contributed by atoms with Crippen molar-refractivity contribution in [3.8, 4) is 0 Å². The van der Waals surface area contributed by atoms with Crippen molar-refractivity contribution in [1.29, 1.82) is 0 Å². The minimum Gasteiger partial charge on any atom is -0.459 e. The van der Waals surface area contributed by atoms with Gasteiger partial charge in [0.05, 0.1) is 11.1 Å². The summed E-state index contributed by atoms with van der Waals surface area (Å²) in [6, 6.07) is 17.4. The van der Waals surface area contributed by atoms with Gasteiger partial charge in [-0.25, -0.2) is 9.59 Å². The van der Waals surface area contributed by atoms with Crippen molar-refractivity contribution >= 4 is 23.7 Å². The topological polar surface area (TPSA) is 98.8 Å². The lowest BCUT2D eigenvalue weighted by atomic mass is 9.94. The number of carbonyl (C=O) groups is 2. The molecule has 0 saturated carbocycles. The van der Waals surface area contributed by atoms with E-state index < -0.39 is 53.4 Å². The van der Waals surface area contributed by atoms with Crippen molar-refractivity contribution < 1.29 is 42.7 Å². The molecule has 2 aliphatic rings. The van der Waals surface area contributed by atoms with Crippen LogP contribution in [0.1, 0.15) is 41.5 Å². The predicted octanol–water partition coefficient (Wildman–Crippen LogP) is 4.06. The van der Waals surface area contributed by atoms with Crippen LogP contribution >= 0.6 is 11.8 Å². The average Bonchev–Trinajstić information content (AvgIpc) is 2.95. The van der Waals surface area contributed by atoms with Crippen LogP contribution in [-0.4, -0.2) is 79.9 Å². The highest BCUT2D eigenvalue weighted by molar-refractivity contribution is 7.99. The average molecular weight is 547 g/mol. The van der Waals surface area contributed by atoms with E-state index in [0.29, 0.717) is 16.9 Å². The zero-order valence-corrected chi connectivity index (χ0v) is 23.0. The molecule has 38 heavy (non-hydrogen) atoms. The van der Waals surface area contributed by atoms with Gasteiger partial charge in [-0.05, 0) is 43.9 Å². The summed E-state index contributed by atoms with van der Waals surface area (Å²) in [7, 11) is 2.97. The molecule has 4 rings (SSSR count). The minimum absolute atomic E-state index is 0.109. The number of thioether (sulfide) groups is 1. The molecule has 206 valence electrons. The standard InChI is InChI=1S/C28H34O9S/c1-6-38-26-23(35-25(30)19-15-11-8-12-16-19)22-21(36-27(2,31-4)28(3,32-5)37-22)20(34-26)17-33-24(29)18-13-9-7-10-14-18/h7-16,20-23,26H,6,17H2,1-5H3/t20-,21-,22+,23+,26?,27+,28+/m1/s1. The largest absolute Gasteiger partial charge is 0.459 e. The van der Waals surface area contributed by atoms with E-state index in [1.807, 2.05) is 19.1 Å². The fraction of sp³-hybridized carbons (Fsp3) is 0.500. The molecule has 1 unspecified atom stereocenters. The summed E-state index contributed by atoms with van der Waals surface area (Å²) >= 11 is 1.45. The van der Waals surface area contributed by atoms with Crippen LogP contribution < -0.4 is 0 Å². The quantitative estimate of drug-likeness (QED) is 0.428. The fourth-order valence-corrected chi connectivity index (χ4v) is 5.44. The molecule has 2 aromatic rings. The number of rotatable bonds is 9. The first-order chi connectivity index (χ1) is 18.2. The molecule has 2 fully saturated rings. The lowest BCUT2D eigenvalue weighted by molar-refractivity contribution is -0.469. The predicted molar refractivity (Wildman–Crippen MR) is 140 cm³/mol. The van der Waals surface area contributed by atoms with Crippen LogP contribution in [0.3, 0.4) is 0 Å². The second-order valence-corrected chi connectivity index (χ2v) is 10.5. The molecule has 0 N–H and O–H groups in total. The molecule has 2 aliphatic heterocycles. The third-order valence-corrected chi connectivity index (χ3v) is 7.93. The van der Waals surface area contributed by atoms with Crippen LogP contribution in [-0.2, 0) is 33.2 Å². The summed E-state index contributed by atoms with van der Waals surface area (Å²) in [5.41, 5.74) is 0.200. The molecule has 2 saturated heterocycles. The van der Waals surface area contributed by atoms with Gasteiger partial charge in [-0.1, -0.05) is 43.3 Å². The molecular formula is C28H34O9S. The third-order valence-electron chi connectivity index (χ3n) is 6.89. The maximum absolute atomic E-state index is 13.1. The number of hydrogen-bond donors (Lipinski definition) is 0. The molecule has 2 heterocycles. The van der Waals surface area contributed by atoms with Gasteiger partial charge in [0, 0.05) is 14.2 Å². The Labute approximate surface area is 227 Å². The number of fused-ring (bicyclic) bond motifs is 1. The van der Waals surface area contributed by atoms with E-state index in [-0.39, 0.29) is 6.61 Å². The maximum atomic E-state index is 13.1. The van der Waals surface area contributed by atoms with E-state index in [4.69, 9.17) is 33.2 Å². The first kappa shape index (κ1) is 28.5. The number of methoxy groups -OCH3 is 2. The number of carbonyl (C=O) groups excluding carboxylic acids is 2. The Hall–Kier alpha value is -2.47. The van der Waals surface area contributed by atoms with Gasteiger partial charge in [0.25, 0.3) is 0 Å². The van der Waals surface area contributed by atoms with Crippen molar-refractivity contribution in [3.05, 3.63) is 71.8 Å². The van der Waals surface area contributed by atoms with Crippen LogP contribution in [0, 0.1) is 0 Å². The summed E-state index contributed by atoms with van der Waals surface area (Å²) in [5.74, 6) is -3.01. The fourth-order valence-electron chi connectivity index (χ4n) is 4.49. The zero-order valence-electron chi connectivity index (χ0n) is 22.2. The lowest BCUT2D eigenvalue weighted by Crippen LogP contribution is -2.73. The van der Waals surface area contributed by atoms with Crippen molar-refractivity contribution in [2.45, 2.75) is 62.2 Å². The first-order valence-electron chi connectivity index (χ1n) is 12.5. The highest BCUT2D eigenvalue weighted by atomic mass is 32.2. The Morgan fingerprint density at radius 3 is 1.89 bits per heavy atom. The molecule has 0 aromatic heterocycles. The van der Waals surface area contributed by atoms with Crippen LogP contribution in [0.4, 0.5) is 0 Å². The smallest absolute Gasteiger partial charge is 0.338 e. The van der Waals surface area contributed by atoms with Gasteiger partial charge >= 0.3 is 11.9 Å². The van der Waals surface area contributed by atoms with Gasteiger partial charge in [-0.3, -0.25) is 0 Å². The van der Waals surface area contributed by atoms with Gasteiger partial charge in [-0.2, -0.15) is 0 Å². The van der Waals surface area contributed by atoms with Gasteiger partial charge < -0.3 is 33.2 Å². The number of hydrogen-bond acceptors (Lipinski definition) is 10. The van der Waals surface area contributed by atoms with Gasteiger partial charge in [-0.15, -0.1) is 11.8 Å².